The summed E-state index contributed by atoms with van der Waals surface area (Å²) in [5.74, 6) is -0.161. The Morgan fingerprint density at radius 2 is 1.72 bits per heavy atom. The van der Waals surface area contributed by atoms with Crippen LogP contribution in [-0.2, 0) is 12.7 Å². The number of benzene rings is 1. The highest BCUT2D eigenvalue weighted by atomic mass is 19.4. The molecule has 0 saturated heterocycles. The lowest BCUT2D eigenvalue weighted by Crippen LogP contribution is -2.06. The van der Waals surface area contributed by atoms with Gasteiger partial charge in [-0.2, -0.15) is 28.8 Å². The second-order valence-corrected chi connectivity index (χ2v) is 5.99. The van der Waals surface area contributed by atoms with Gasteiger partial charge in [0.05, 0.1) is 36.2 Å². The van der Waals surface area contributed by atoms with Crippen molar-refractivity contribution >= 4 is 5.82 Å². The van der Waals surface area contributed by atoms with Crippen LogP contribution in [0.15, 0.2) is 36.7 Å². The number of nitrogens with two attached hydrogens (primary N) is 1. The Bertz CT molecular complexity index is 1140. The summed E-state index contributed by atoms with van der Waals surface area (Å²) in [6.07, 6.45) is -1.55. The molecule has 0 bridgehead atoms. The topological polar surface area (TPSA) is 125 Å². The first kappa shape index (κ1) is 19.9. The van der Waals surface area contributed by atoms with Gasteiger partial charge in [-0.15, -0.1) is 0 Å². The number of hydrogen-bond donors (Lipinski definition) is 2. The SMILES string of the molecule is N#Cc1c(N)nc(-c2cnn(CCO)c2)c(C#N)c1-c1ccc(C(F)(F)F)cc1. The Labute approximate surface area is 163 Å². The minimum atomic E-state index is -4.52. The molecule has 1 aromatic carbocycles. The van der Waals surface area contributed by atoms with Crippen molar-refractivity contribution in [2.24, 2.45) is 0 Å². The highest BCUT2D eigenvalue weighted by Gasteiger charge is 2.30. The van der Waals surface area contributed by atoms with E-state index in [9.17, 15) is 23.7 Å². The van der Waals surface area contributed by atoms with E-state index in [0.717, 1.165) is 12.1 Å². The van der Waals surface area contributed by atoms with Crippen molar-refractivity contribution in [2.75, 3.05) is 12.3 Å². The highest BCUT2D eigenvalue weighted by molar-refractivity contribution is 5.86. The Morgan fingerprint density at radius 3 is 2.28 bits per heavy atom. The molecule has 3 rings (SSSR count). The molecule has 0 saturated carbocycles. The summed E-state index contributed by atoms with van der Waals surface area (Å²) in [6, 6.07) is 7.94. The smallest absolute Gasteiger partial charge is 0.394 e. The van der Waals surface area contributed by atoms with E-state index in [4.69, 9.17) is 10.8 Å². The molecule has 2 heterocycles. The van der Waals surface area contributed by atoms with Crippen molar-refractivity contribution in [3.8, 4) is 34.5 Å². The highest BCUT2D eigenvalue weighted by Crippen LogP contribution is 2.37. The Balaban J connectivity index is 2.24. The third-order valence-electron chi connectivity index (χ3n) is 4.19. The summed E-state index contributed by atoms with van der Waals surface area (Å²) in [6.45, 7) is 0.0748. The molecule has 0 aliphatic rings. The van der Waals surface area contributed by atoms with Gasteiger partial charge >= 0.3 is 6.18 Å². The molecule has 0 spiro atoms. The molecule has 146 valence electrons. The molecule has 0 aliphatic heterocycles. The fourth-order valence-electron chi connectivity index (χ4n) is 2.86. The molecule has 7 nitrogen and oxygen atoms in total. The number of nitrogen functional groups attached to an aromatic ring is 1. The van der Waals surface area contributed by atoms with Gasteiger partial charge in [0, 0.05) is 17.3 Å². The van der Waals surface area contributed by atoms with Crippen molar-refractivity contribution < 1.29 is 18.3 Å². The van der Waals surface area contributed by atoms with Gasteiger partial charge in [-0.05, 0) is 17.7 Å². The molecule has 10 heteroatoms. The van der Waals surface area contributed by atoms with Crippen LogP contribution >= 0.6 is 0 Å². The van der Waals surface area contributed by atoms with E-state index in [2.05, 4.69) is 10.1 Å². The third kappa shape index (κ3) is 3.74. The zero-order valence-electron chi connectivity index (χ0n) is 14.8. The summed E-state index contributed by atoms with van der Waals surface area (Å²) in [5.41, 5.74) is 5.81. The number of nitriles is 2. The second-order valence-electron chi connectivity index (χ2n) is 5.99. The van der Waals surface area contributed by atoms with Crippen LogP contribution in [0.3, 0.4) is 0 Å². The first-order valence-electron chi connectivity index (χ1n) is 8.25. The minimum Gasteiger partial charge on any atom is -0.394 e. The van der Waals surface area contributed by atoms with Crippen LogP contribution in [0.1, 0.15) is 16.7 Å². The number of nitrogens with zero attached hydrogens (tertiary/aromatic N) is 5. The predicted octanol–water partition coefficient (Wildman–Crippen LogP) is 2.95. The zero-order valence-corrected chi connectivity index (χ0v) is 14.8. The van der Waals surface area contributed by atoms with Gasteiger partial charge in [0.2, 0.25) is 0 Å². The quantitative estimate of drug-likeness (QED) is 0.696. The van der Waals surface area contributed by atoms with Crippen LogP contribution in [0.4, 0.5) is 19.0 Å². The van der Waals surface area contributed by atoms with E-state index < -0.39 is 11.7 Å². The van der Waals surface area contributed by atoms with Crippen LogP contribution in [0.2, 0.25) is 0 Å². The summed E-state index contributed by atoms with van der Waals surface area (Å²) < 4.78 is 40.0. The van der Waals surface area contributed by atoms with E-state index in [1.54, 1.807) is 6.20 Å². The molecule has 3 N–H and O–H groups in total. The molecule has 0 unspecified atom stereocenters. The van der Waals surface area contributed by atoms with E-state index in [1.165, 1.54) is 23.0 Å². The molecule has 0 atom stereocenters. The minimum absolute atomic E-state index is 0.0148. The number of aliphatic hydroxyl groups is 1. The van der Waals surface area contributed by atoms with Crippen molar-refractivity contribution in [1.29, 1.82) is 10.5 Å². The van der Waals surface area contributed by atoms with Gasteiger partial charge in [-0.25, -0.2) is 4.98 Å². The predicted molar refractivity (Wildman–Crippen MR) is 96.8 cm³/mol. The van der Waals surface area contributed by atoms with Gasteiger partial charge in [-0.1, -0.05) is 12.1 Å². The molecule has 0 fully saturated rings. The summed E-state index contributed by atoms with van der Waals surface area (Å²) >= 11 is 0. The fourth-order valence-corrected chi connectivity index (χ4v) is 2.86. The third-order valence-corrected chi connectivity index (χ3v) is 4.19. The fraction of sp³-hybridized carbons (Fsp3) is 0.158. The summed E-state index contributed by atoms with van der Waals surface area (Å²) in [5, 5.41) is 32.3. The van der Waals surface area contributed by atoms with E-state index >= 15 is 0 Å². The Kier molecular flexibility index (Phi) is 5.22. The Hall–Kier alpha value is -3.89. The normalized spacial score (nSPS) is 11.1. The summed E-state index contributed by atoms with van der Waals surface area (Å²) in [7, 11) is 0. The van der Waals surface area contributed by atoms with Crippen LogP contribution in [0.25, 0.3) is 22.4 Å². The lowest BCUT2D eigenvalue weighted by atomic mass is 9.92. The number of alkyl halides is 3. The number of aromatic nitrogens is 3. The van der Waals surface area contributed by atoms with Gasteiger partial charge in [0.25, 0.3) is 0 Å². The molecule has 0 aliphatic carbocycles. The van der Waals surface area contributed by atoms with Crippen molar-refractivity contribution in [3.05, 3.63) is 53.3 Å². The monoisotopic (exact) mass is 398 g/mol. The largest absolute Gasteiger partial charge is 0.416 e. The standard InChI is InChI=1S/C19H13F3N6O/c20-19(21,22)13-3-1-11(2-4-13)16-14(7-23)17(27-18(25)15(16)8-24)12-9-26-28(10-12)5-6-29/h1-4,9-10,29H,5-6H2,(H2,25,27). The number of hydrogen-bond acceptors (Lipinski definition) is 6. The molecule has 0 radical (unpaired) electrons. The molecule has 3 aromatic rings. The van der Waals surface area contributed by atoms with Crippen LogP contribution in [0.5, 0.6) is 0 Å². The maximum atomic E-state index is 12.9. The lowest BCUT2D eigenvalue weighted by molar-refractivity contribution is -0.137. The van der Waals surface area contributed by atoms with Crippen LogP contribution in [0, 0.1) is 22.7 Å². The molecular formula is C19H13F3N6O. The van der Waals surface area contributed by atoms with Gasteiger partial charge in [0.15, 0.2) is 0 Å². The number of rotatable bonds is 4. The maximum absolute atomic E-state index is 12.9. The van der Waals surface area contributed by atoms with E-state index in [0.29, 0.717) is 5.56 Å². The first-order chi connectivity index (χ1) is 13.8. The summed E-state index contributed by atoms with van der Waals surface area (Å²) in [4.78, 5) is 4.14. The first-order valence-corrected chi connectivity index (χ1v) is 8.25. The zero-order chi connectivity index (χ0) is 21.2. The molecular weight excluding hydrogens is 385 g/mol. The lowest BCUT2D eigenvalue weighted by Gasteiger charge is -2.13. The van der Waals surface area contributed by atoms with Gasteiger partial charge in [0.1, 0.15) is 23.5 Å². The van der Waals surface area contributed by atoms with Gasteiger partial charge in [-0.3, -0.25) is 4.68 Å². The molecule has 2 aromatic heterocycles. The van der Waals surface area contributed by atoms with E-state index in [-0.39, 0.29) is 46.9 Å². The molecule has 29 heavy (non-hydrogen) atoms. The van der Waals surface area contributed by atoms with Crippen molar-refractivity contribution in [3.63, 3.8) is 0 Å². The van der Waals surface area contributed by atoms with Crippen LogP contribution < -0.4 is 5.73 Å². The maximum Gasteiger partial charge on any atom is 0.416 e. The number of pyridine rings is 1. The molecule has 0 amide bonds. The number of aliphatic hydroxyl groups excluding tert-OH is 1. The average Bonchev–Trinajstić information content (AvgIpc) is 3.15. The number of anilines is 1. The Morgan fingerprint density at radius 1 is 1.07 bits per heavy atom. The van der Waals surface area contributed by atoms with Gasteiger partial charge < -0.3 is 10.8 Å². The number of halogens is 3. The second kappa shape index (κ2) is 7.62. The van der Waals surface area contributed by atoms with Crippen molar-refractivity contribution in [1.82, 2.24) is 14.8 Å². The van der Waals surface area contributed by atoms with Crippen LogP contribution in [-0.4, -0.2) is 26.5 Å². The average molecular weight is 398 g/mol. The van der Waals surface area contributed by atoms with Crippen molar-refractivity contribution in [2.45, 2.75) is 12.7 Å². The van der Waals surface area contributed by atoms with E-state index in [1.807, 2.05) is 12.1 Å².